The van der Waals surface area contributed by atoms with E-state index in [-0.39, 0.29) is 23.6 Å². The highest BCUT2D eigenvalue weighted by molar-refractivity contribution is 5.94. The van der Waals surface area contributed by atoms with E-state index in [2.05, 4.69) is 5.16 Å². The molecule has 0 saturated carbocycles. The van der Waals surface area contributed by atoms with Gasteiger partial charge in [-0.05, 0) is 26.0 Å². The smallest absolute Gasteiger partial charge is 0.343 e. The Morgan fingerprint density at radius 1 is 1.39 bits per heavy atom. The number of esters is 1. The first-order valence-electron chi connectivity index (χ1n) is 6.86. The molecule has 3 aromatic rings. The van der Waals surface area contributed by atoms with E-state index in [1.807, 2.05) is 6.07 Å². The minimum Gasteiger partial charge on any atom is -0.454 e. The molecule has 3 heterocycles. The molecule has 0 saturated heterocycles. The first-order chi connectivity index (χ1) is 11.1. The zero-order valence-electron chi connectivity index (χ0n) is 12.6. The number of furan rings is 1. The van der Waals surface area contributed by atoms with Crippen LogP contribution in [0.25, 0.3) is 5.88 Å². The van der Waals surface area contributed by atoms with E-state index >= 15 is 0 Å². The molecule has 3 rings (SSSR count). The topological polar surface area (TPSA) is 94.2 Å². The Labute approximate surface area is 131 Å². The number of aryl methyl sites for hydroxylation is 2. The molecule has 23 heavy (non-hydrogen) atoms. The van der Waals surface area contributed by atoms with E-state index in [1.165, 1.54) is 0 Å². The number of rotatable bonds is 4. The molecule has 116 valence electrons. The Morgan fingerprint density at radius 3 is 2.74 bits per heavy atom. The minimum atomic E-state index is -0.643. The van der Waals surface area contributed by atoms with Crippen LogP contribution in [-0.2, 0) is 11.3 Å². The Morgan fingerprint density at radius 2 is 2.13 bits per heavy atom. The summed E-state index contributed by atoms with van der Waals surface area (Å²) in [4.78, 5) is 12.3. The van der Waals surface area contributed by atoms with Gasteiger partial charge in [-0.3, -0.25) is 4.57 Å². The van der Waals surface area contributed by atoms with E-state index < -0.39 is 5.97 Å². The third kappa shape index (κ3) is 2.74. The molecule has 0 aliphatic rings. The van der Waals surface area contributed by atoms with Crippen molar-refractivity contribution in [1.29, 1.82) is 5.26 Å². The Hall–Kier alpha value is -3.27. The summed E-state index contributed by atoms with van der Waals surface area (Å²) in [5.74, 6) is 0.401. The minimum absolute atomic E-state index is 0.0615. The second-order valence-corrected chi connectivity index (χ2v) is 4.93. The molecule has 7 nitrogen and oxygen atoms in total. The van der Waals surface area contributed by atoms with Crippen molar-refractivity contribution in [3.63, 3.8) is 0 Å². The maximum Gasteiger partial charge on any atom is 0.343 e. The van der Waals surface area contributed by atoms with Crippen molar-refractivity contribution in [3.8, 4) is 12.0 Å². The van der Waals surface area contributed by atoms with Crippen molar-refractivity contribution in [2.75, 3.05) is 0 Å². The average Bonchev–Trinajstić information content (AvgIpc) is 3.24. The predicted octanol–water partition coefficient (Wildman–Crippen LogP) is 2.90. The molecule has 0 aliphatic carbocycles. The molecule has 7 heteroatoms. The first-order valence-corrected chi connectivity index (χ1v) is 6.86. The third-order valence-corrected chi connectivity index (χ3v) is 3.24. The molecule has 0 radical (unpaired) electrons. The van der Waals surface area contributed by atoms with E-state index in [4.69, 9.17) is 13.7 Å². The monoisotopic (exact) mass is 311 g/mol. The van der Waals surface area contributed by atoms with Crippen molar-refractivity contribution in [1.82, 2.24) is 9.72 Å². The third-order valence-electron chi connectivity index (χ3n) is 3.24. The highest BCUT2D eigenvalue weighted by atomic mass is 16.5. The molecule has 0 amide bonds. The lowest BCUT2D eigenvalue weighted by atomic mass is 10.1. The van der Waals surface area contributed by atoms with Gasteiger partial charge in [-0.15, -0.1) is 0 Å². The van der Waals surface area contributed by atoms with Crippen molar-refractivity contribution < 1.29 is 18.5 Å². The van der Waals surface area contributed by atoms with Crippen LogP contribution in [0.15, 0.2) is 39.5 Å². The number of hydrogen-bond donors (Lipinski definition) is 0. The van der Waals surface area contributed by atoms with Crippen LogP contribution in [0, 0.1) is 25.2 Å². The zero-order valence-corrected chi connectivity index (χ0v) is 12.6. The van der Waals surface area contributed by atoms with Gasteiger partial charge in [0.25, 0.3) is 0 Å². The first kappa shape index (κ1) is 14.7. The Kier molecular flexibility index (Phi) is 3.73. The number of nitrogens with zero attached hydrogens (tertiary/aromatic N) is 3. The summed E-state index contributed by atoms with van der Waals surface area (Å²) in [7, 11) is 0. The van der Waals surface area contributed by atoms with Gasteiger partial charge in [0.05, 0.1) is 5.69 Å². The van der Waals surface area contributed by atoms with Gasteiger partial charge in [0.2, 0.25) is 5.88 Å². The molecule has 0 aliphatic heterocycles. The number of hydrogen-bond acceptors (Lipinski definition) is 6. The van der Waals surface area contributed by atoms with Crippen molar-refractivity contribution in [3.05, 3.63) is 58.9 Å². The summed E-state index contributed by atoms with van der Waals surface area (Å²) >= 11 is 0. The highest BCUT2D eigenvalue weighted by Gasteiger charge is 2.26. The average molecular weight is 311 g/mol. The summed E-state index contributed by atoms with van der Waals surface area (Å²) in [6.07, 6.45) is 3.46. The van der Waals surface area contributed by atoms with Gasteiger partial charge < -0.3 is 13.7 Å². The standard InChI is InChI=1S/C16H13N3O4/c1-10-7-12(23-18-10)9-21-16(20)14-11(2)22-15(13(14)8-17)19-5-3-4-6-19/h3-7H,9H2,1-2H3. The van der Waals surface area contributed by atoms with Crippen LogP contribution in [0.1, 0.15) is 33.1 Å². The van der Waals surface area contributed by atoms with Crippen LogP contribution in [0.2, 0.25) is 0 Å². The molecular weight excluding hydrogens is 298 g/mol. The van der Waals surface area contributed by atoms with Crippen LogP contribution in [-0.4, -0.2) is 15.7 Å². The maximum atomic E-state index is 12.3. The zero-order chi connectivity index (χ0) is 16.4. The second kappa shape index (κ2) is 5.85. The van der Waals surface area contributed by atoms with Gasteiger partial charge in [0.1, 0.15) is 23.0 Å². The van der Waals surface area contributed by atoms with E-state index in [0.717, 1.165) is 0 Å². The lowest BCUT2D eigenvalue weighted by molar-refractivity contribution is 0.0435. The molecule has 0 atom stereocenters. The van der Waals surface area contributed by atoms with E-state index in [1.54, 1.807) is 49.0 Å². The molecule has 0 N–H and O–H groups in total. The van der Waals surface area contributed by atoms with Gasteiger partial charge >= 0.3 is 5.97 Å². The van der Waals surface area contributed by atoms with Crippen LogP contribution in [0.4, 0.5) is 0 Å². The maximum absolute atomic E-state index is 12.3. The van der Waals surface area contributed by atoms with Gasteiger partial charge in [0, 0.05) is 18.5 Å². The predicted molar refractivity (Wildman–Crippen MR) is 77.8 cm³/mol. The van der Waals surface area contributed by atoms with Crippen LogP contribution < -0.4 is 0 Å². The van der Waals surface area contributed by atoms with Crippen molar-refractivity contribution >= 4 is 5.97 Å². The molecular formula is C16H13N3O4. The fourth-order valence-electron chi connectivity index (χ4n) is 2.22. The number of carbonyl (C=O) groups excluding carboxylic acids is 1. The van der Waals surface area contributed by atoms with E-state index in [9.17, 15) is 10.1 Å². The number of ether oxygens (including phenoxy) is 1. The summed E-state index contributed by atoms with van der Waals surface area (Å²) < 4.78 is 17.4. The molecule has 0 fully saturated rings. The fraction of sp³-hybridized carbons (Fsp3) is 0.188. The second-order valence-electron chi connectivity index (χ2n) is 4.93. The van der Waals surface area contributed by atoms with Crippen LogP contribution in [0.5, 0.6) is 0 Å². The van der Waals surface area contributed by atoms with Gasteiger partial charge in [-0.2, -0.15) is 5.26 Å². The largest absolute Gasteiger partial charge is 0.454 e. The quantitative estimate of drug-likeness (QED) is 0.688. The lowest BCUT2D eigenvalue weighted by Gasteiger charge is -2.01. The van der Waals surface area contributed by atoms with Gasteiger partial charge in [-0.25, -0.2) is 4.79 Å². The fourth-order valence-corrected chi connectivity index (χ4v) is 2.22. The number of aromatic nitrogens is 2. The SMILES string of the molecule is Cc1cc(COC(=O)c2c(C)oc(-n3cccc3)c2C#N)on1. The molecule has 0 bridgehead atoms. The lowest BCUT2D eigenvalue weighted by Crippen LogP contribution is -2.07. The molecule has 0 spiro atoms. The van der Waals surface area contributed by atoms with Crippen LogP contribution >= 0.6 is 0 Å². The van der Waals surface area contributed by atoms with Gasteiger partial charge in [-0.1, -0.05) is 5.16 Å². The number of nitriles is 1. The van der Waals surface area contributed by atoms with Crippen molar-refractivity contribution in [2.24, 2.45) is 0 Å². The summed E-state index contributed by atoms with van der Waals surface area (Å²) in [6, 6.07) is 7.27. The van der Waals surface area contributed by atoms with E-state index in [0.29, 0.717) is 17.2 Å². The number of carbonyl (C=O) groups is 1. The summed E-state index contributed by atoms with van der Waals surface area (Å²) in [6.45, 7) is 3.32. The molecule has 3 aromatic heterocycles. The summed E-state index contributed by atoms with van der Waals surface area (Å²) in [5.41, 5.74) is 0.952. The summed E-state index contributed by atoms with van der Waals surface area (Å²) in [5, 5.41) is 13.1. The normalized spacial score (nSPS) is 10.5. The Bertz CT molecular complexity index is 881. The van der Waals surface area contributed by atoms with Gasteiger partial charge in [0.15, 0.2) is 12.4 Å². The molecule has 0 unspecified atom stereocenters. The van der Waals surface area contributed by atoms with Crippen LogP contribution in [0.3, 0.4) is 0 Å². The molecule has 0 aromatic carbocycles. The highest BCUT2D eigenvalue weighted by Crippen LogP contribution is 2.26. The van der Waals surface area contributed by atoms with Crippen molar-refractivity contribution in [2.45, 2.75) is 20.5 Å². The Balaban J connectivity index is 1.87.